The number of pyridine rings is 1. The fourth-order valence-corrected chi connectivity index (χ4v) is 3.57. The Labute approximate surface area is 139 Å². The van der Waals surface area contributed by atoms with Crippen molar-refractivity contribution in [3.63, 3.8) is 0 Å². The summed E-state index contributed by atoms with van der Waals surface area (Å²) in [4.78, 5) is 7.16. The number of aryl methyl sites for hydroxylation is 1. The van der Waals surface area contributed by atoms with Crippen LogP contribution in [0.5, 0.6) is 0 Å². The normalized spacial score (nSPS) is 22.2. The van der Waals surface area contributed by atoms with E-state index in [1.54, 1.807) is 0 Å². The van der Waals surface area contributed by atoms with Gasteiger partial charge in [-0.05, 0) is 37.5 Å². The monoisotopic (exact) mass is 310 g/mol. The van der Waals surface area contributed by atoms with E-state index in [1.165, 1.54) is 11.3 Å². The SMILES string of the molecule is CO[C@H]1CCN(Cc2cccc(C)n2)C[C@@H]1Cc1ccccc1. The predicted molar refractivity (Wildman–Crippen MR) is 93.3 cm³/mol. The summed E-state index contributed by atoms with van der Waals surface area (Å²) in [6.07, 6.45) is 2.54. The Balaban J connectivity index is 1.65. The molecule has 0 saturated carbocycles. The molecule has 1 aliphatic rings. The fourth-order valence-electron chi connectivity index (χ4n) is 3.57. The van der Waals surface area contributed by atoms with Crippen molar-refractivity contribution in [2.45, 2.75) is 32.4 Å². The summed E-state index contributed by atoms with van der Waals surface area (Å²) in [6.45, 7) is 5.14. The van der Waals surface area contributed by atoms with E-state index in [-0.39, 0.29) is 0 Å². The number of methoxy groups -OCH3 is 1. The summed E-state index contributed by atoms with van der Waals surface area (Å²) in [6, 6.07) is 17.0. The molecule has 2 aromatic rings. The lowest BCUT2D eigenvalue weighted by Gasteiger charge is -2.38. The number of likely N-dealkylation sites (tertiary alicyclic amines) is 1. The molecule has 0 radical (unpaired) electrons. The summed E-state index contributed by atoms with van der Waals surface area (Å²) < 4.78 is 5.75. The molecule has 0 unspecified atom stereocenters. The molecule has 122 valence electrons. The molecular formula is C20H26N2O. The molecule has 3 nitrogen and oxygen atoms in total. The zero-order chi connectivity index (χ0) is 16.1. The maximum absolute atomic E-state index is 5.75. The van der Waals surface area contributed by atoms with E-state index in [2.05, 4.69) is 65.3 Å². The van der Waals surface area contributed by atoms with Crippen molar-refractivity contribution in [3.8, 4) is 0 Å². The highest BCUT2D eigenvalue weighted by Crippen LogP contribution is 2.24. The molecule has 1 aliphatic heterocycles. The maximum Gasteiger partial charge on any atom is 0.0627 e. The Morgan fingerprint density at radius 3 is 2.70 bits per heavy atom. The summed E-state index contributed by atoms with van der Waals surface area (Å²) >= 11 is 0. The highest BCUT2D eigenvalue weighted by Gasteiger charge is 2.29. The van der Waals surface area contributed by atoms with Gasteiger partial charge in [0.05, 0.1) is 11.8 Å². The van der Waals surface area contributed by atoms with Gasteiger partial charge in [-0.1, -0.05) is 36.4 Å². The van der Waals surface area contributed by atoms with Crippen molar-refractivity contribution >= 4 is 0 Å². The minimum Gasteiger partial charge on any atom is -0.381 e. The molecule has 0 aliphatic carbocycles. The smallest absolute Gasteiger partial charge is 0.0627 e. The lowest BCUT2D eigenvalue weighted by atomic mass is 9.88. The molecule has 0 amide bonds. The number of ether oxygens (including phenoxy) is 1. The van der Waals surface area contributed by atoms with Gasteiger partial charge in [0.2, 0.25) is 0 Å². The van der Waals surface area contributed by atoms with Gasteiger partial charge in [0.15, 0.2) is 0 Å². The molecule has 1 aromatic heterocycles. The lowest BCUT2D eigenvalue weighted by Crippen LogP contribution is -2.44. The van der Waals surface area contributed by atoms with Crippen LogP contribution in [-0.4, -0.2) is 36.2 Å². The number of aromatic nitrogens is 1. The number of nitrogens with zero attached hydrogens (tertiary/aromatic N) is 2. The lowest BCUT2D eigenvalue weighted by molar-refractivity contribution is -0.00878. The van der Waals surface area contributed by atoms with Crippen LogP contribution in [0.25, 0.3) is 0 Å². The number of hydrogen-bond donors (Lipinski definition) is 0. The third kappa shape index (κ3) is 4.40. The van der Waals surface area contributed by atoms with Gasteiger partial charge in [0.1, 0.15) is 0 Å². The Morgan fingerprint density at radius 2 is 1.96 bits per heavy atom. The second-order valence-electron chi connectivity index (χ2n) is 6.52. The quantitative estimate of drug-likeness (QED) is 0.845. The molecule has 23 heavy (non-hydrogen) atoms. The molecule has 3 rings (SSSR count). The average molecular weight is 310 g/mol. The number of hydrogen-bond acceptors (Lipinski definition) is 3. The van der Waals surface area contributed by atoms with Gasteiger partial charge in [-0.3, -0.25) is 9.88 Å². The van der Waals surface area contributed by atoms with E-state index in [0.29, 0.717) is 12.0 Å². The molecule has 2 heterocycles. The first-order chi connectivity index (χ1) is 11.2. The Hall–Kier alpha value is -1.71. The van der Waals surface area contributed by atoms with E-state index in [0.717, 1.165) is 38.2 Å². The van der Waals surface area contributed by atoms with Crippen LogP contribution in [0.1, 0.15) is 23.4 Å². The molecular weight excluding hydrogens is 284 g/mol. The molecule has 2 atom stereocenters. The van der Waals surface area contributed by atoms with Gasteiger partial charge < -0.3 is 4.74 Å². The van der Waals surface area contributed by atoms with E-state index in [4.69, 9.17) is 4.74 Å². The van der Waals surface area contributed by atoms with Crippen LogP contribution < -0.4 is 0 Å². The minimum absolute atomic E-state index is 0.358. The minimum atomic E-state index is 0.358. The highest BCUT2D eigenvalue weighted by atomic mass is 16.5. The standard InChI is InChI=1S/C20H26N2O/c1-16-7-6-10-19(21-16)15-22-12-11-20(23-2)18(14-22)13-17-8-4-3-5-9-17/h3-10,18,20H,11-15H2,1-2H3/t18-,20-/m0/s1. The summed E-state index contributed by atoms with van der Waals surface area (Å²) in [5.74, 6) is 0.543. The number of piperidine rings is 1. The molecule has 1 saturated heterocycles. The van der Waals surface area contributed by atoms with Crippen molar-refractivity contribution in [1.82, 2.24) is 9.88 Å². The Morgan fingerprint density at radius 1 is 1.13 bits per heavy atom. The number of rotatable bonds is 5. The van der Waals surface area contributed by atoms with Crippen LogP contribution in [0.15, 0.2) is 48.5 Å². The highest BCUT2D eigenvalue weighted by molar-refractivity contribution is 5.16. The van der Waals surface area contributed by atoms with Crippen molar-refractivity contribution in [3.05, 3.63) is 65.5 Å². The third-order valence-corrected chi connectivity index (χ3v) is 4.72. The van der Waals surface area contributed by atoms with Crippen LogP contribution in [0.4, 0.5) is 0 Å². The van der Waals surface area contributed by atoms with Crippen molar-refractivity contribution in [2.75, 3.05) is 20.2 Å². The van der Waals surface area contributed by atoms with Crippen molar-refractivity contribution in [2.24, 2.45) is 5.92 Å². The fraction of sp³-hybridized carbons (Fsp3) is 0.450. The first kappa shape index (κ1) is 16.2. The Kier molecular flexibility index (Phi) is 5.42. The van der Waals surface area contributed by atoms with Crippen LogP contribution in [-0.2, 0) is 17.7 Å². The van der Waals surface area contributed by atoms with E-state index < -0.39 is 0 Å². The first-order valence-electron chi connectivity index (χ1n) is 8.46. The third-order valence-electron chi connectivity index (χ3n) is 4.72. The van der Waals surface area contributed by atoms with E-state index in [9.17, 15) is 0 Å². The van der Waals surface area contributed by atoms with Gasteiger partial charge in [-0.25, -0.2) is 0 Å². The topological polar surface area (TPSA) is 25.4 Å². The maximum atomic E-state index is 5.75. The van der Waals surface area contributed by atoms with E-state index >= 15 is 0 Å². The van der Waals surface area contributed by atoms with Gasteiger partial charge >= 0.3 is 0 Å². The van der Waals surface area contributed by atoms with Crippen LogP contribution >= 0.6 is 0 Å². The van der Waals surface area contributed by atoms with E-state index in [1.807, 2.05) is 7.11 Å². The van der Waals surface area contributed by atoms with Crippen molar-refractivity contribution in [1.29, 1.82) is 0 Å². The molecule has 0 bridgehead atoms. The van der Waals surface area contributed by atoms with Gasteiger partial charge in [-0.15, -0.1) is 0 Å². The van der Waals surface area contributed by atoms with Crippen LogP contribution in [0, 0.1) is 12.8 Å². The van der Waals surface area contributed by atoms with Gasteiger partial charge in [0.25, 0.3) is 0 Å². The molecule has 0 N–H and O–H groups in total. The zero-order valence-corrected chi connectivity index (χ0v) is 14.1. The molecule has 1 aromatic carbocycles. The van der Waals surface area contributed by atoms with Crippen LogP contribution in [0.3, 0.4) is 0 Å². The molecule has 0 spiro atoms. The molecule has 3 heteroatoms. The largest absolute Gasteiger partial charge is 0.381 e. The second kappa shape index (κ2) is 7.71. The average Bonchev–Trinajstić information content (AvgIpc) is 2.56. The van der Waals surface area contributed by atoms with Gasteiger partial charge in [-0.2, -0.15) is 0 Å². The zero-order valence-electron chi connectivity index (χ0n) is 14.1. The summed E-state index contributed by atoms with van der Waals surface area (Å²) in [5, 5.41) is 0. The predicted octanol–water partition coefficient (Wildman–Crippen LogP) is 3.47. The van der Waals surface area contributed by atoms with Gasteiger partial charge in [0, 0.05) is 38.4 Å². The summed E-state index contributed by atoms with van der Waals surface area (Å²) in [7, 11) is 1.85. The first-order valence-corrected chi connectivity index (χ1v) is 8.46. The second-order valence-corrected chi connectivity index (χ2v) is 6.52. The number of benzene rings is 1. The Bertz CT molecular complexity index is 614. The summed E-state index contributed by atoms with van der Waals surface area (Å²) in [5.41, 5.74) is 3.66. The molecule has 1 fully saturated rings. The van der Waals surface area contributed by atoms with Crippen LogP contribution in [0.2, 0.25) is 0 Å². The van der Waals surface area contributed by atoms with Crippen molar-refractivity contribution < 1.29 is 4.74 Å².